The maximum atomic E-state index is 12.7. The molecule has 23 heavy (non-hydrogen) atoms. The second-order valence-corrected chi connectivity index (χ2v) is 6.90. The van der Waals surface area contributed by atoms with E-state index in [9.17, 15) is 4.79 Å². The highest BCUT2D eigenvalue weighted by atomic mass is 16.1. The molecule has 3 rings (SSSR count). The molecule has 1 aromatic heterocycles. The van der Waals surface area contributed by atoms with Crippen molar-refractivity contribution in [2.24, 2.45) is 11.7 Å². The fourth-order valence-electron chi connectivity index (χ4n) is 2.92. The molecule has 1 aliphatic carbocycles. The summed E-state index contributed by atoms with van der Waals surface area (Å²) in [7, 11) is 0. The van der Waals surface area contributed by atoms with Gasteiger partial charge in [0.25, 0.3) is 5.91 Å². The maximum Gasteiger partial charge on any atom is 0.252 e. The lowest BCUT2D eigenvalue weighted by molar-refractivity contribution is 0.0950. The van der Waals surface area contributed by atoms with Crippen molar-refractivity contribution >= 4 is 16.8 Å². The van der Waals surface area contributed by atoms with Gasteiger partial charge in [-0.2, -0.15) is 0 Å². The van der Waals surface area contributed by atoms with Gasteiger partial charge in [0.15, 0.2) is 0 Å². The topological polar surface area (TPSA) is 68.0 Å². The molecule has 0 bridgehead atoms. The number of aryl methyl sites for hydroxylation is 2. The van der Waals surface area contributed by atoms with Crippen LogP contribution in [-0.4, -0.2) is 24.0 Å². The van der Waals surface area contributed by atoms with Gasteiger partial charge in [-0.05, 0) is 56.8 Å². The average molecular weight is 311 g/mol. The number of aromatic nitrogens is 1. The number of amides is 1. The third-order valence-corrected chi connectivity index (χ3v) is 4.52. The lowest BCUT2D eigenvalue weighted by atomic mass is 10.00. The number of nitrogens with two attached hydrogens (primary N) is 1. The van der Waals surface area contributed by atoms with Crippen LogP contribution in [0.15, 0.2) is 18.2 Å². The predicted octanol–water partition coefficient (Wildman–Crippen LogP) is 3.05. The molecule has 1 aromatic carbocycles. The first-order valence-corrected chi connectivity index (χ1v) is 8.39. The van der Waals surface area contributed by atoms with Crippen LogP contribution < -0.4 is 11.1 Å². The summed E-state index contributed by atoms with van der Waals surface area (Å²) in [5.74, 6) is 0.776. The van der Waals surface area contributed by atoms with Crippen LogP contribution in [0.2, 0.25) is 0 Å². The summed E-state index contributed by atoms with van der Waals surface area (Å²) in [5.41, 5.74) is 10.7. The van der Waals surface area contributed by atoms with Gasteiger partial charge < -0.3 is 11.1 Å². The van der Waals surface area contributed by atoms with Crippen LogP contribution in [0.5, 0.6) is 0 Å². The first-order valence-electron chi connectivity index (χ1n) is 8.39. The van der Waals surface area contributed by atoms with Crippen molar-refractivity contribution in [1.82, 2.24) is 10.3 Å². The first-order chi connectivity index (χ1) is 11.0. The van der Waals surface area contributed by atoms with Crippen LogP contribution in [0.4, 0.5) is 0 Å². The van der Waals surface area contributed by atoms with Gasteiger partial charge in [0, 0.05) is 23.5 Å². The molecule has 1 atom stereocenters. The van der Waals surface area contributed by atoms with Gasteiger partial charge >= 0.3 is 0 Å². The van der Waals surface area contributed by atoms with E-state index in [1.54, 1.807) is 0 Å². The van der Waals surface area contributed by atoms with Crippen molar-refractivity contribution in [2.45, 2.75) is 39.5 Å². The Morgan fingerprint density at radius 3 is 2.74 bits per heavy atom. The molecule has 1 heterocycles. The van der Waals surface area contributed by atoms with Gasteiger partial charge in [0.05, 0.1) is 11.1 Å². The number of rotatable bonds is 5. The van der Waals surface area contributed by atoms with Gasteiger partial charge in [-0.3, -0.25) is 9.78 Å². The summed E-state index contributed by atoms with van der Waals surface area (Å²) in [6, 6.07) is 6.18. The van der Waals surface area contributed by atoms with Crippen molar-refractivity contribution in [3.8, 4) is 0 Å². The Morgan fingerprint density at radius 1 is 1.35 bits per heavy atom. The van der Waals surface area contributed by atoms with E-state index in [-0.39, 0.29) is 11.8 Å². The largest absolute Gasteiger partial charge is 0.352 e. The highest BCUT2D eigenvalue weighted by Crippen LogP contribution is 2.40. The van der Waals surface area contributed by atoms with Crippen molar-refractivity contribution in [3.05, 3.63) is 40.6 Å². The fourth-order valence-corrected chi connectivity index (χ4v) is 2.92. The molecule has 1 fully saturated rings. The summed E-state index contributed by atoms with van der Waals surface area (Å²) >= 11 is 0. The Balaban J connectivity index is 2.04. The predicted molar refractivity (Wildman–Crippen MR) is 93.7 cm³/mol. The lowest BCUT2D eigenvalue weighted by Gasteiger charge is -2.14. The standard InChI is InChI=1S/C19H25N3O/c1-11-6-13(3)18-15(7-11)16(8-17(22-18)14-4-5-14)19(23)21-10-12(2)9-20/h6-8,12,14H,4-5,9-10,20H2,1-3H3,(H,21,23). The Hall–Kier alpha value is -1.94. The van der Waals surface area contributed by atoms with E-state index >= 15 is 0 Å². The number of hydrogen-bond acceptors (Lipinski definition) is 3. The van der Waals surface area contributed by atoms with Gasteiger partial charge in [0.2, 0.25) is 0 Å². The monoisotopic (exact) mass is 311 g/mol. The zero-order valence-electron chi connectivity index (χ0n) is 14.1. The second kappa shape index (κ2) is 6.28. The number of fused-ring (bicyclic) bond motifs is 1. The van der Waals surface area contributed by atoms with Crippen LogP contribution in [0.25, 0.3) is 10.9 Å². The molecule has 1 saturated carbocycles. The molecule has 1 amide bonds. The molecular formula is C19H25N3O. The molecule has 1 aliphatic rings. The number of nitrogens with one attached hydrogen (secondary N) is 1. The van der Waals surface area contributed by atoms with Crippen LogP contribution >= 0.6 is 0 Å². The van der Waals surface area contributed by atoms with E-state index in [0.29, 0.717) is 19.0 Å². The number of carbonyl (C=O) groups excluding carboxylic acids is 1. The van der Waals surface area contributed by atoms with Crippen molar-refractivity contribution in [3.63, 3.8) is 0 Å². The molecule has 0 spiro atoms. The summed E-state index contributed by atoms with van der Waals surface area (Å²) in [5, 5.41) is 3.97. The van der Waals surface area contributed by atoms with E-state index in [4.69, 9.17) is 10.7 Å². The molecule has 4 heteroatoms. The van der Waals surface area contributed by atoms with E-state index in [2.05, 4.69) is 31.3 Å². The molecular weight excluding hydrogens is 286 g/mol. The minimum Gasteiger partial charge on any atom is -0.352 e. The molecule has 1 unspecified atom stereocenters. The van der Waals surface area contributed by atoms with Crippen LogP contribution in [0.1, 0.15) is 52.9 Å². The van der Waals surface area contributed by atoms with Crippen molar-refractivity contribution in [2.75, 3.05) is 13.1 Å². The maximum absolute atomic E-state index is 12.7. The third kappa shape index (κ3) is 3.37. The highest BCUT2D eigenvalue weighted by molar-refractivity contribution is 6.07. The molecule has 0 radical (unpaired) electrons. The average Bonchev–Trinajstić information content (AvgIpc) is 3.36. The fraction of sp³-hybridized carbons (Fsp3) is 0.474. The third-order valence-electron chi connectivity index (χ3n) is 4.52. The number of hydrogen-bond donors (Lipinski definition) is 2. The Kier molecular flexibility index (Phi) is 4.35. The van der Waals surface area contributed by atoms with Crippen LogP contribution in [0.3, 0.4) is 0 Å². The SMILES string of the molecule is Cc1cc(C)c2nc(C3CC3)cc(C(=O)NCC(C)CN)c2c1. The molecule has 122 valence electrons. The second-order valence-electron chi connectivity index (χ2n) is 6.90. The van der Waals surface area contributed by atoms with Crippen molar-refractivity contribution < 1.29 is 4.79 Å². The van der Waals surface area contributed by atoms with E-state index < -0.39 is 0 Å². The van der Waals surface area contributed by atoms with Gasteiger partial charge in [-0.1, -0.05) is 18.6 Å². The summed E-state index contributed by atoms with van der Waals surface area (Å²) < 4.78 is 0. The Labute approximate surface area is 137 Å². The molecule has 3 N–H and O–H groups in total. The quantitative estimate of drug-likeness (QED) is 0.891. The number of pyridine rings is 1. The Bertz CT molecular complexity index is 750. The normalized spacial score (nSPS) is 15.7. The zero-order chi connectivity index (χ0) is 16.6. The number of nitrogens with zero attached hydrogens (tertiary/aromatic N) is 1. The van der Waals surface area contributed by atoms with Gasteiger partial charge in [0.1, 0.15) is 0 Å². The molecule has 0 aliphatic heterocycles. The number of carbonyl (C=O) groups is 1. The summed E-state index contributed by atoms with van der Waals surface area (Å²) in [6.45, 7) is 7.33. The molecule has 4 nitrogen and oxygen atoms in total. The van der Waals surface area contributed by atoms with Gasteiger partial charge in [-0.25, -0.2) is 0 Å². The summed E-state index contributed by atoms with van der Waals surface area (Å²) in [6.07, 6.45) is 2.35. The molecule has 2 aromatic rings. The van der Waals surface area contributed by atoms with Crippen LogP contribution in [-0.2, 0) is 0 Å². The highest BCUT2D eigenvalue weighted by Gasteiger charge is 2.27. The number of benzene rings is 1. The lowest BCUT2D eigenvalue weighted by Crippen LogP contribution is -2.31. The smallest absolute Gasteiger partial charge is 0.252 e. The van der Waals surface area contributed by atoms with Gasteiger partial charge in [-0.15, -0.1) is 0 Å². The van der Waals surface area contributed by atoms with E-state index in [1.807, 2.05) is 13.0 Å². The first kappa shape index (κ1) is 15.9. The zero-order valence-corrected chi connectivity index (χ0v) is 14.1. The Morgan fingerprint density at radius 2 is 2.09 bits per heavy atom. The van der Waals surface area contributed by atoms with E-state index in [1.165, 1.54) is 12.8 Å². The minimum atomic E-state index is -0.0235. The van der Waals surface area contributed by atoms with Crippen LogP contribution in [0, 0.1) is 19.8 Å². The molecule has 0 saturated heterocycles. The summed E-state index contributed by atoms with van der Waals surface area (Å²) in [4.78, 5) is 17.5. The minimum absolute atomic E-state index is 0.0235. The van der Waals surface area contributed by atoms with E-state index in [0.717, 1.165) is 33.3 Å². The van der Waals surface area contributed by atoms with Crippen molar-refractivity contribution in [1.29, 1.82) is 0 Å².